The van der Waals surface area contributed by atoms with Crippen molar-refractivity contribution in [3.63, 3.8) is 0 Å². The van der Waals surface area contributed by atoms with Crippen molar-refractivity contribution in [1.82, 2.24) is 0 Å². The van der Waals surface area contributed by atoms with Crippen LogP contribution in [0.1, 0.15) is 52.4 Å². The number of hydrogen-bond donors (Lipinski definition) is 0. The summed E-state index contributed by atoms with van der Waals surface area (Å²) in [7, 11) is 0. The Balaban J connectivity index is 1.97. The summed E-state index contributed by atoms with van der Waals surface area (Å²) in [4.78, 5) is 0. The predicted octanol–water partition coefficient (Wildman–Crippen LogP) is 2.86. The summed E-state index contributed by atoms with van der Waals surface area (Å²) in [5.74, 6) is -0.182. The lowest BCUT2D eigenvalue weighted by atomic mass is 10.0. The van der Waals surface area contributed by atoms with Crippen LogP contribution < -0.4 is 0 Å². The summed E-state index contributed by atoms with van der Waals surface area (Å²) < 4.78 is 11.9. The summed E-state index contributed by atoms with van der Waals surface area (Å²) in [6.45, 7) is 4.35. The van der Waals surface area contributed by atoms with Crippen molar-refractivity contribution in [1.29, 1.82) is 0 Å². The molecule has 2 heteroatoms. The topological polar surface area (TPSA) is 18.5 Å². The molecule has 2 aliphatic heterocycles. The van der Waals surface area contributed by atoms with E-state index in [-0.39, 0.29) is 5.79 Å². The Morgan fingerprint density at radius 1 is 1.23 bits per heavy atom. The quantitative estimate of drug-likeness (QED) is 0.589. The van der Waals surface area contributed by atoms with Gasteiger partial charge in [-0.2, -0.15) is 0 Å². The minimum absolute atomic E-state index is 0.182. The van der Waals surface area contributed by atoms with Crippen LogP contribution in [0.15, 0.2) is 0 Å². The maximum absolute atomic E-state index is 5.99. The molecule has 2 rings (SSSR count). The smallest absolute Gasteiger partial charge is 0.169 e. The van der Waals surface area contributed by atoms with E-state index in [2.05, 4.69) is 13.8 Å². The second-order valence-electron chi connectivity index (χ2n) is 4.42. The van der Waals surface area contributed by atoms with Crippen LogP contribution in [0.2, 0.25) is 0 Å². The zero-order valence-electron chi connectivity index (χ0n) is 8.71. The fraction of sp³-hybridized carbons (Fsp3) is 1.00. The molecule has 2 fully saturated rings. The standard InChI is InChI=1S/C11H20O2/c1-3-10-6-8-11(13-10)7-4-5-9(2)12-11/h9-10H,3-8H2,1-2H3/t9-,10-,11-/m0/s1/i12+2,13+2. The van der Waals surface area contributed by atoms with Crippen molar-refractivity contribution in [2.24, 2.45) is 0 Å². The summed E-state index contributed by atoms with van der Waals surface area (Å²) in [6, 6.07) is 0. The van der Waals surface area contributed by atoms with Gasteiger partial charge in [0.05, 0.1) is 12.2 Å². The molecule has 0 aromatic carbocycles. The minimum Gasteiger partial charge on any atom is -0.347 e. The van der Waals surface area contributed by atoms with E-state index in [1.165, 1.54) is 19.3 Å². The third kappa shape index (κ3) is 1.89. The normalized spacial score (nSPS) is 45.7. The molecule has 3 atom stereocenters. The molecule has 0 radical (unpaired) electrons. The Morgan fingerprint density at radius 2 is 2.08 bits per heavy atom. The van der Waals surface area contributed by atoms with E-state index < -0.39 is 0 Å². The van der Waals surface area contributed by atoms with Crippen LogP contribution in [-0.4, -0.2) is 18.0 Å². The summed E-state index contributed by atoms with van der Waals surface area (Å²) in [6.07, 6.45) is 7.82. The van der Waals surface area contributed by atoms with Crippen molar-refractivity contribution in [3.8, 4) is 0 Å². The molecule has 0 saturated carbocycles. The molecular formula is C11H20O2. The third-order valence-corrected chi connectivity index (χ3v) is 3.27. The molecule has 0 aromatic rings. The minimum atomic E-state index is -0.182. The van der Waals surface area contributed by atoms with Gasteiger partial charge < -0.3 is 9.47 Å². The highest BCUT2D eigenvalue weighted by molar-refractivity contribution is 4.84. The first-order valence-corrected chi connectivity index (χ1v) is 5.60. The van der Waals surface area contributed by atoms with Gasteiger partial charge in [0.2, 0.25) is 0 Å². The van der Waals surface area contributed by atoms with Gasteiger partial charge in [0, 0.05) is 12.8 Å². The highest BCUT2D eigenvalue weighted by atomic mass is 18.5. The molecule has 2 heterocycles. The average molecular weight is 188 g/mol. The molecule has 1 spiro atoms. The number of hydrogen-bond acceptors (Lipinski definition) is 2. The molecule has 76 valence electrons. The van der Waals surface area contributed by atoms with Gasteiger partial charge in [-0.1, -0.05) is 6.92 Å². The average Bonchev–Trinajstić information content (AvgIpc) is 2.48. The van der Waals surface area contributed by atoms with Gasteiger partial charge in [-0.15, -0.1) is 0 Å². The highest BCUT2D eigenvalue weighted by Crippen LogP contribution is 2.40. The van der Waals surface area contributed by atoms with Crippen LogP contribution in [0.5, 0.6) is 0 Å². The van der Waals surface area contributed by atoms with E-state index in [1.807, 2.05) is 0 Å². The number of rotatable bonds is 1. The van der Waals surface area contributed by atoms with Crippen molar-refractivity contribution < 1.29 is 9.47 Å². The Bertz CT molecular complexity index is 181. The largest absolute Gasteiger partial charge is 0.347 e. The van der Waals surface area contributed by atoms with E-state index in [0.717, 1.165) is 19.3 Å². The van der Waals surface area contributed by atoms with Gasteiger partial charge in [-0.25, -0.2) is 0 Å². The second-order valence-corrected chi connectivity index (χ2v) is 4.42. The lowest BCUT2D eigenvalue weighted by molar-refractivity contribution is -0.266. The maximum Gasteiger partial charge on any atom is 0.169 e. The lowest BCUT2D eigenvalue weighted by Crippen LogP contribution is -2.39. The first-order chi connectivity index (χ1) is 6.24. The van der Waals surface area contributed by atoms with Crippen molar-refractivity contribution in [2.45, 2.75) is 70.4 Å². The monoisotopic (exact) mass is 188 g/mol. The zero-order valence-corrected chi connectivity index (χ0v) is 8.71. The summed E-state index contributed by atoms with van der Waals surface area (Å²) in [5, 5.41) is 0. The Labute approximate surface area is 80.6 Å². The first kappa shape index (κ1) is 9.47. The molecule has 0 unspecified atom stereocenters. The molecule has 0 bridgehead atoms. The van der Waals surface area contributed by atoms with Crippen molar-refractivity contribution >= 4 is 0 Å². The highest BCUT2D eigenvalue weighted by Gasteiger charge is 2.43. The fourth-order valence-electron chi connectivity index (χ4n) is 2.50. The van der Waals surface area contributed by atoms with E-state index in [4.69, 9.17) is 9.47 Å². The first-order valence-electron chi connectivity index (χ1n) is 5.60. The fourth-order valence-corrected chi connectivity index (χ4v) is 2.50. The summed E-state index contributed by atoms with van der Waals surface area (Å²) in [5.41, 5.74) is 0. The Morgan fingerprint density at radius 3 is 2.69 bits per heavy atom. The van der Waals surface area contributed by atoms with Crippen molar-refractivity contribution in [2.75, 3.05) is 0 Å². The van der Waals surface area contributed by atoms with Gasteiger partial charge in [-0.3, -0.25) is 0 Å². The van der Waals surface area contributed by atoms with Gasteiger partial charge >= 0.3 is 0 Å². The molecular weight excluding hydrogens is 168 g/mol. The molecule has 0 amide bonds. The van der Waals surface area contributed by atoms with Crippen molar-refractivity contribution in [3.05, 3.63) is 0 Å². The maximum atomic E-state index is 5.99. The third-order valence-electron chi connectivity index (χ3n) is 3.27. The SMILES string of the molecule is CC[C@H]1CC[C@]2(CCC[C@H](C)[18O]2)[18O]1. The lowest BCUT2D eigenvalue weighted by Gasteiger charge is -2.37. The van der Waals surface area contributed by atoms with Gasteiger partial charge in [0.1, 0.15) is 0 Å². The van der Waals surface area contributed by atoms with Crippen LogP contribution in [0.25, 0.3) is 0 Å². The molecule has 2 nitrogen and oxygen atoms in total. The molecule has 2 aliphatic rings. The molecule has 0 aromatic heterocycles. The van der Waals surface area contributed by atoms with E-state index in [0.29, 0.717) is 12.2 Å². The molecule has 0 aliphatic carbocycles. The predicted molar refractivity (Wildman–Crippen MR) is 51.5 cm³/mol. The van der Waals surface area contributed by atoms with Gasteiger partial charge in [-0.05, 0) is 32.6 Å². The molecule has 0 N–H and O–H groups in total. The van der Waals surface area contributed by atoms with Gasteiger partial charge in [0.25, 0.3) is 0 Å². The summed E-state index contributed by atoms with van der Waals surface area (Å²) >= 11 is 0. The van der Waals surface area contributed by atoms with Gasteiger partial charge in [0.15, 0.2) is 5.79 Å². The Kier molecular flexibility index (Phi) is 2.61. The molecule has 2 saturated heterocycles. The second kappa shape index (κ2) is 3.58. The van der Waals surface area contributed by atoms with E-state index in [1.54, 1.807) is 0 Å². The molecule has 13 heavy (non-hydrogen) atoms. The Hall–Kier alpha value is -0.0800. The van der Waals surface area contributed by atoms with Crippen LogP contribution in [0.3, 0.4) is 0 Å². The van der Waals surface area contributed by atoms with Crippen LogP contribution in [-0.2, 0) is 9.47 Å². The number of ether oxygens (including phenoxy) is 2. The zero-order chi connectivity index (χ0) is 9.31. The van der Waals surface area contributed by atoms with Crippen LogP contribution in [0.4, 0.5) is 0 Å². The van der Waals surface area contributed by atoms with Crippen LogP contribution in [0, 0.1) is 0 Å². The van der Waals surface area contributed by atoms with E-state index in [9.17, 15) is 0 Å². The van der Waals surface area contributed by atoms with Crippen LogP contribution >= 0.6 is 0 Å². The van der Waals surface area contributed by atoms with E-state index >= 15 is 0 Å².